The lowest BCUT2D eigenvalue weighted by atomic mass is 10.1. The summed E-state index contributed by atoms with van der Waals surface area (Å²) in [5.41, 5.74) is 1.81. The summed E-state index contributed by atoms with van der Waals surface area (Å²) in [6.07, 6.45) is -0.682. The molecule has 2 N–H and O–H groups in total. The first-order chi connectivity index (χ1) is 12.0. The number of rotatable bonds is 7. The van der Waals surface area contributed by atoms with Gasteiger partial charge in [0.15, 0.2) is 5.96 Å². The van der Waals surface area contributed by atoms with E-state index in [2.05, 4.69) is 20.7 Å². The second-order valence-corrected chi connectivity index (χ2v) is 6.76. The molecule has 0 saturated carbocycles. The summed E-state index contributed by atoms with van der Waals surface area (Å²) < 4.78 is 5.20. The molecule has 1 aromatic carbocycles. The maximum Gasteiger partial charge on any atom is 0.194 e. The van der Waals surface area contributed by atoms with E-state index in [9.17, 15) is 5.11 Å². The van der Waals surface area contributed by atoms with Gasteiger partial charge in [0, 0.05) is 19.0 Å². The van der Waals surface area contributed by atoms with Gasteiger partial charge in [-0.3, -0.25) is 4.99 Å². The summed E-state index contributed by atoms with van der Waals surface area (Å²) in [6.45, 7) is 5.72. The number of guanidine groups is 1. The average Bonchev–Trinajstić information content (AvgIpc) is 3.03. The van der Waals surface area contributed by atoms with Gasteiger partial charge in [0.2, 0.25) is 0 Å². The normalized spacial score (nSPS) is 12.8. The molecule has 7 heteroatoms. The van der Waals surface area contributed by atoms with Crippen LogP contribution in [0.25, 0.3) is 0 Å². The molecule has 6 nitrogen and oxygen atoms in total. The predicted octanol–water partition coefficient (Wildman–Crippen LogP) is 2.59. The summed E-state index contributed by atoms with van der Waals surface area (Å²) >= 11 is 1.64. The van der Waals surface area contributed by atoms with Gasteiger partial charge in [-0.1, -0.05) is 12.1 Å². The van der Waals surface area contributed by atoms with Crippen LogP contribution in [0, 0.1) is 6.92 Å². The van der Waals surface area contributed by atoms with Gasteiger partial charge in [0.05, 0.1) is 37.0 Å². The van der Waals surface area contributed by atoms with Crippen LogP contribution >= 0.6 is 11.3 Å². The molecular formula is C18H26N4O2S. The summed E-state index contributed by atoms with van der Waals surface area (Å²) in [7, 11) is 3.58. The van der Waals surface area contributed by atoms with Gasteiger partial charge in [-0.05, 0) is 31.5 Å². The van der Waals surface area contributed by atoms with Crippen LogP contribution < -0.4 is 10.1 Å². The van der Waals surface area contributed by atoms with Crippen LogP contribution in [0.4, 0.5) is 0 Å². The summed E-state index contributed by atoms with van der Waals surface area (Å²) in [4.78, 5) is 11.1. The molecule has 2 aromatic rings. The molecule has 0 aliphatic heterocycles. The number of thiazole rings is 1. The zero-order valence-corrected chi connectivity index (χ0v) is 16.0. The highest BCUT2D eigenvalue weighted by molar-refractivity contribution is 7.09. The summed E-state index contributed by atoms with van der Waals surface area (Å²) in [5, 5.41) is 16.8. The molecule has 1 atom stereocenters. The number of aliphatic hydroxyl groups excluding tert-OH is 1. The third-order valence-corrected chi connectivity index (χ3v) is 4.48. The highest BCUT2D eigenvalue weighted by atomic mass is 32.1. The minimum atomic E-state index is -0.682. The SMILES string of the molecule is CCNC(=NCC(O)c1cccc(OC)c1)N(C)Cc1csc(C)n1. The number of methoxy groups -OCH3 is 1. The number of hydrogen-bond donors (Lipinski definition) is 2. The number of nitrogens with one attached hydrogen (secondary N) is 1. The van der Waals surface area contributed by atoms with Crippen molar-refractivity contribution >= 4 is 17.3 Å². The Bertz CT molecular complexity index is 702. The van der Waals surface area contributed by atoms with Gasteiger partial charge in [0.1, 0.15) is 5.75 Å². The van der Waals surface area contributed by atoms with Crippen molar-refractivity contribution in [3.05, 3.63) is 45.9 Å². The van der Waals surface area contributed by atoms with Gasteiger partial charge in [-0.25, -0.2) is 4.98 Å². The van der Waals surface area contributed by atoms with Crippen molar-refractivity contribution in [3.8, 4) is 5.75 Å². The van der Waals surface area contributed by atoms with E-state index in [4.69, 9.17) is 4.74 Å². The molecule has 136 valence electrons. The number of aliphatic hydroxyl groups is 1. The highest BCUT2D eigenvalue weighted by Gasteiger charge is 2.12. The van der Waals surface area contributed by atoms with E-state index in [0.29, 0.717) is 6.54 Å². The van der Waals surface area contributed by atoms with E-state index >= 15 is 0 Å². The van der Waals surface area contributed by atoms with E-state index < -0.39 is 6.10 Å². The number of benzene rings is 1. The first kappa shape index (κ1) is 19.2. The lowest BCUT2D eigenvalue weighted by Crippen LogP contribution is -2.38. The van der Waals surface area contributed by atoms with Crippen molar-refractivity contribution in [2.24, 2.45) is 4.99 Å². The second kappa shape index (κ2) is 9.39. The fourth-order valence-electron chi connectivity index (χ4n) is 2.40. The van der Waals surface area contributed by atoms with Gasteiger partial charge < -0.3 is 20.1 Å². The van der Waals surface area contributed by atoms with Crippen LogP contribution in [-0.2, 0) is 6.54 Å². The third-order valence-electron chi connectivity index (χ3n) is 3.65. The molecule has 0 amide bonds. The molecule has 0 spiro atoms. The van der Waals surface area contributed by atoms with Crippen molar-refractivity contribution in [2.45, 2.75) is 26.5 Å². The van der Waals surface area contributed by atoms with Gasteiger partial charge in [0.25, 0.3) is 0 Å². The third kappa shape index (κ3) is 5.72. The summed E-state index contributed by atoms with van der Waals surface area (Å²) in [6, 6.07) is 7.42. The number of nitrogens with zero attached hydrogens (tertiary/aromatic N) is 3. The molecule has 0 radical (unpaired) electrons. The molecule has 2 rings (SSSR count). The topological polar surface area (TPSA) is 70.0 Å². The molecular weight excluding hydrogens is 336 g/mol. The first-order valence-corrected chi connectivity index (χ1v) is 9.14. The van der Waals surface area contributed by atoms with Gasteiger partial charge in [-0.2, -0.15) is 0 Å². The Hall–Kier alpha value is -2.12. The van der Waals surface area contributed by atoms with Crippen molar-refractivity contribution in [3.63, 3.8) is 0 Å². The maximum atomic E-state index is 10.4. The quantitative estimate of drug-likeness (QED) is 0.585. The van der Waals surface area contributed by atoms with E-state index in [1.807, 2.05) is 50.1 Å². The molecule has 1 unspecified atom stereocenters. The first-order valence-electron chi connectivity index (χ1n) is 8.26. The lowest BCUT2D eigenvalue weighted by molar-refractivity contribution is 0.186. The van der Waals surface area contributed by atoms with Crippen LogP contribution in [0.2, 0.25) is 0 Å². The fourth-order valence-corrected chi connectivity index (χ4v) is 3.00. The Kier molecular flexibility index (Phi) is 7.21. The largest absolute Gasteiger partial charge is 0.497 e. The minimum absolute atomic E-state index is 0.274. The van der Waals surface area contributed by atoms with Crippen LogP contribution in [0.3, 0.4) is 0 Å². The van der Waals surface area contributed by atoms with Gasteiger partial charge >= 0.3 is 0 Å². The van der Waals surface area contributed by atoms with E-state index in [1.165, 1.54) is 0 Å². The zero-order chi connectivity index (χ0) is 18.2. The van der Waals surface area contributed by atoms with Crippen molar-refractivity contribution < 1.29 is 9.84 Å². The number of ether oxygens (including phenoxy) is 1. The van der Waals surface area contributed by atoms with Crippen molar-refractivity contribution in [1.82, 2.24) is 15.2 Å². The van der Waals surface area contributed by atoms with Crippen LogP contribution in [0.5, 0.6) is 5.75 Å². The zero-order valence-electron chi connectivity index (χ0n) is 15.2. The molecule has 1 aromatic heterocycles. The Morgan fingerprint density at radius 1 is 1.48 bits per heavy atom. The molecule has 1 heterocycles. The smallest absolute Gasteiger partial charge is 0.194 e. The number of aromatic nitrogens is 1. The number of aliphatic imine (C=N–C) groups is 1. The lowest BCUT2D eigenvalue weighted by Gasteiger charge is -2.21. The molecule has 0 aliphatic rings. The second-order valence-electron chi connectivity index (χ2n) is 5.70. The summed E-state index contributed by atoms with van der Waals surface area (Å²) in [5.74, 6) is 1.47. The Balaban J connectivity index is 2.04. The average molecular weight is 362 g/mol. The maximum absolute atomic E-state index is 10.4. The van der Waals surface area contributed by atoms with Crippen molar-refractivity contribution in [2.75, 3.05) is 27.2 Å². The van der Waals surface area contributed by atoms with Crippen LogP contribution in [0.1, 0.15) is 29.3 Å². The fraction of sp³-hybridized carbons (Fsp3) is 0.444. The molecule has 0 saturated heterocycles. The predicted molar refractivity (Wildman–Crippen MR) is 102 cm³/mol. The standard InChI is InChI=1S/C18H26N4O2S/c1-5-19-18(22(3)11-15-12-25-13(2)21-15)20-10-17(23)14-7-6-8-16(9-14)24-4/h6-9,12,17,23H,5,10-11H2,1-4H3,(H,19,20). The monoisotopic (exact) mass is 362 g/mol. The number of hydrogen-bond acceptors (Lipinski definition) is 5. The number of aryl methyl sites for hydroxylation is 1. The highest BCUT2D eigenvalue weighted by Crippen LogP contribution is 2.19. The van der Waals surface area contributed by atoms with Crippen molar-refractivity contribution in [1.29, 1.82) is 0 Å². The molecule has 0 bridgehead atoms. The van der Waals surface area contributed by atoms with Crippen LogP contribution in [-0.4, -0.2) is 48.2 Å². The molecule has 0 fully saturated rings. The Morgan fingerprint density at radius 3 is 2.92 bits per heavy atom. The van der Waals surface area contributed by atoms with Crippen LogP contribution in [0.15, 0.2) is 34.6 Å². The van der Waals surface area contributed by atoms with E-state index in [0.717, 1.165) is 34.5 Å². The Morgan fingerprint density at radius 2 is 2.28 bits per heavy atom. The van der Waals surface area contributed by atoms with Gasteiger partial charge in [-0.15, -0.1) is 11.3 Å². The molecule has 0 aliphatic carbocycles. The van der Waals surface area contributed by atoms with E-state index in [1.54, 1.807) is 18.4 Å². The van der Waals surface area contributed by atoms with E-state index in [-0.39, 0.29) is 6.54 Å². The Labute approximate surface area is 153 Å². The molecule has 25 heavy (non-hydrogen) atoms. The minimum Gasteiger partial charge on any atom is -0.497 e.